The van der Waals surface area contributed by atoms with Crippen LogP contribution in [0.2, 0.25) is 0 Å². The van der Waals surface area contributed by atoms with Crippen molar-refractivity contribution in [2.45, 2.75) is 46.1 Å². The van der Waals surface area contributed by atoms with Crippen LogP contribution in [0, 0.1) is 6.92 Å². The number of carbonyl (C=O) groups is 1. The third-order valence-electron chi connectivity index (χ3n) is 3.82. The predicted octanol–water partition coefficient (Wildman–Crippen LogP) is 4.97. The Morgan fingerprint density at radius 1 is 1.08 bits per heavy atom. The van der Waals surface area contributed by atoms with Crippen LogP contribution >= 0.6 is 0 Å². The van der Waals surface area contributed by atoms with Gasteiger partial charge in [-0.3, -0.25) is 4.79 Å². The number of ether oxygens (including phenoxy) is 2. The number of rotatable bonds is 9. The first-order valence-corrected chi connectivity index (χ1v) is 8.89. The van der Waals surface area contributed by atoms with E-state index in [-0.39, 0.29) is 5.91 Å². The molecule has 2 rings (SSSR count). The summed E-state index contributed by atoms with van der Waals surface area (Å²) in [6, 6.07) is 15.1. The highest BCUT2D eigenvalue weighted by molar-refractivity contribution is 5.94. The second kappa shape index (κ2) is 9.72. The molecule has 0 saturated carbocycles. The smallest absolute Gasteiger partial charge is 0.265 e. The van der Waals surface area contributed by atoms with Gasteiger partial charge in [-0.2, -0.15) is 0 Å². The maximum atomic E-state index is 12.5. The summed E-state index contributed by atoms with van der Waals surface area (Å²) < 4.78 is 11.5. The molecule has 134 valence electrons. The van der Waals surface area contributed by atoms with Gasteiger partial charge in [-0.25, -0.2) is 0 Å². The molecule has 2 aromatic rings. The van der Waals surface area contributed by atoms with Crippen molar-refractivity contribution >= 4 is 11.6 Å². The summed E-state index contributed by atoms with van der Waals surface area (Å²) in [6.07, 6.45) is 2.21. The van der Waals surface area contributed by atoms with Crippen molar-refractivity contribution in [2.75, 3.05) is 11.9 Å². The van der Waals surface area contributed by atoms with Gasteiger partial charge in [0, 0.05) is 5.69 Å². The SMILES string of the molecule is CCCCOc1ccc(NC(=O)[C@H](CC)Oc2cccc(C)c2)cc1. The van der Waals surface area contributed by atoms with E-state index in [1.54, 1.807) is 0 Å². The molecule has 0 fully saturated rings. The van der Waals surface area contributed by atoms with Crippen LogP contribution in [0.4, 0.5) is 5.69 Å². The fraction of sp³-hybridized carbons (Fsp3) is 0.381. The lowest BCUT2D eigenvalue weighted by molar-refractivity contribution is -0.122. The van der Waals surface area contributed by atoms with Crippen LogP contribution in [-0.2, 0) is 4.79 Å². The monoisotopic (exact) mass is 341 g/mol. The summed E-state index contributed by atoms with van der Waals surface area (Å²) in [5, 5.41) is 2.90. The first-order chi connectivity index (χ1) is 12.1. The lowest BCUT2D eigenvalue weighted by Crippen LogP contribution is -2.32. The lowest BCUT2D eigenvalue weighted by atomic mass is 10.2. The van der Waals surface area contributed by atoms with Crippen molar-refractivity contribution in [1.82, 2.24) is 0 Å². The van der Waals surface area contributed by atoms with Gasteiger partial charge in [-0.1, -0.05) is 32.4 Å². The van der Waals surface area contributed by atoms with E-state index in [0.717, 1.165) is 29.8 Å². The lowest BCUT2D eigenvalue weighted by Gasteiger charge is -2.17. The average molecular weight is 341 g/mol. The summed E-state index contributed by atoms with van der Waals surface area (Å²) in [6.45, 7) is 6.78. The molecule has 0 spiro atoms. The minimum atomic E-state index is -0.526. The van der Waals surface area contributed by atoms with Gasteiger partial charge >= 0.3 is 0 Å². The number of amides is 1. The molecule has 4 heteroatoms. The second-order valence-electron chi connectivity index (χ2n) is 6.05. The highest BCUT2D eigenvalue weighted by Gasteiger charge is 2.18. The van der Waals surface area contributed by atoms with Crippen molar-refractivity contribution < 1.29 is 14.3 Å². The van der Waals surface area contributed by atoms with E-state index >= 15 is 0 Å². The molecule has 0 saturated heterocycles. The van der Waals surface area contributed by atoms with E-state index in [9.17, 15) is 4.79 Å². The van der Waals surface area contributed by atoms with Crippen molar-refractivity contribution in [3.05, 3.63) is 54.1 Å². The van der Waals surface area contributed by atoms with E-state index in [1.165, 1.54) is 0 Å². The number of anilines is 1. The number of nitrogens with one attached hydrogen (secondary N) is 1. The molecule has 1 N–H and O–H groups in total. The number of aryl methyl sites for hydroxylation is 1. The summed E-state index contributed by atoms with van der Waals surface area (Å²) in [7, 11) is 0. The van der Waals surface area contributed by atoms with Crippen LogP contribution in [0.5, 0.6) is 11.5 Å². The molecule has 0 aliphatic rings. The predicted molar refractivity (Wildman–Crippen MR) is 101 cm³/mol. The molecular weight excluding hydrogens is 314 g/mol. The zero-order chi connectivity index (χ0) is 18.1. The Bertz CT molecular complexity index is 667. The van der Waals surface area contributed by atoms with Gasteiger partial charge in [0.1, 0.15) is 11.5 Å². The molecule has 0 aromatic heterocycles. The maximum Gasteiger partial charge on any atom is 0.265 e. The van der Waals surface area contributed by atoms with Crippen LogP contribution in [0.25, 0.3) is 0 Å². The van der Waals surface area contributed by atoms with Crippen molar-refractivity contribution in [1.29, 1.82) is 0 Å². The number of carbonyl (C=O) groups excluding carboxylic acids is 1. The van der Waals surface area contributed by atoms with Crippen LogP contribution in [0.1, 0.15) is 38.7 Å². The van der Waals surface area contributed by atoms with E-state index in [4.69, 9.17) is 9.47 Å². The molecule has 2 aromatic carbocycles. The first kappa shape index (κ1) is 18.8. The van der Waals surface area contributed by atoms with E-state index in [2.05, 4.69) is 12.2 Å². The fourth-order valence-electron chi connectivity index (χ4n) is 2.37. The van der Waals surface area contributed by atoms with Gasteiger partial charge in [0.25, 0.3) is 5.91 Å². The third kappa shape index (κ3) is 6.14. The van der Waals surface area contributed by atoms with Gasteiger partial charge in [-0.05, 0) is 61.7 Å². The molecular formula is C21H27NO3. The van der Waals surface area contributed by atoms with Gasteiger partial charge in [0.05, 0.1) is 6.61 Å². The summed E-state index contributed by atoms with van der Waals surface area (Å²) >= 11 is 0. The molecule has 0 bridgehead atoms. The minimum Gasteiger partial charge on any atom is -0.494 e. The van der Waals surface area contributed by atoms with Gasteiger partial charge in [0.2, 0.25) is 0 Å². The molecule has 25 heavy (non-hydrogen) atoms. The number of benzene rings is 2. The normalized spacial score (nSPS) is 11.6. The first-order valence-electron chi connectivity index (χ1n) is 8.89. The van der Waals surface area contributed by atoms with Crippen molar-refractivity contribution in [3.8, 4) is 11.5 Å². The Morgan fingerprint density at radius 3 is 2.48 bits per heavy atom. The number of hydrogen-bond donors (Lipinski definition) is 1. The molecule has 0 aliphatic heterocycles. The molecule has 4 nitrogen and oxygen atoms in total. The van der Waals surface area contributed by atoms with Crippen molar-refractivity contribution in [3.63, 3.8) is 0 Å². The number of unbranched alkanes of at least 4 members (excludes halogenated alkanes) is 1. The summed E-state index contributed by atoms with van der Waals surface area (Å²) in [4.78, 5) is 12.5. The standard InChI is InChI=1S/C21H27NO3/c1-4-6-14-24-18-12-10-17(11-13-18)22-21(23)20(5-2)25-19-9-7-8-16(3)15-19/h7-13,15,20H,4-6,14H2,1-3H3,(H,22,23)/t20-/m0/s1. The van der Waals surface area contributed by atoms with Crippen LogP contribution in [0.3, 0.4) is 0 Å². The topological polar surface area (TPSA) is 47.6 Å². The molecule has 0 radical (unpaired) electrons. The third-order valence-corrected chi connectivity index (χ3v) is 3.82. The quantitative estimate of drug-likeness (QED) is 0.655. The Morgan fingerprint density at radius 2 is 1.84 bits per heavy atom. The van der Waals surface area contributed by atoms with E-state index < -0.39 is 6.10 Å². The van der Waals surface area contributed by atoms with Gasteiger partial charge < -0.3 is 14.8 Å². The maximum absolute atomic E-state index is 12.5. The van der Waals surface area contributed by atoms with Gasteiger partial charge in [0.15, 0.2) is 6.10 Å². The Labute approximate surface area is 150 Å². The average Bonchev–Trinajstić information content (AvgIpc) is 2.61. The highest BCUT2D eigenvalue weighted by Crippen LogP contribution is 2.19. The number of hydrogen-bond acceptors (Lipinski definition) is 3. The highest BCUT2D eigenvalue weighted by atomic mass is 16.5. The summed E-state index contributed by atoms with van der Waals surface area (Å²) in [5.74, 6) is 1.37. The zero-order valence-electron chi connectivity index (χ0n) is 15.2. The summed E-state index contributed by atoms with van der Waals surface area (Å²) in [5.41, 5.74) is 1.84. The largest absolute Gasteiger partial charge is 0.494 e. The van der Waals surface area contributed by atoms with Crippen LogP contribution < -0.4 is 14.8 Å². The fourth-order valence-corrected chi connectivity index (χ4v) is 2.37. The molecule has 0 heterocycles. The Hall–Kier alpha value is -2.49. The zero-order valence-corrected chi connectivity index (χ0v) is 15.2. The minimum absolute atomic E-state index is 0.149. The molecule has 1 amide bonds. The van der Waals surface area contributed by atoms with Gasteiger partial charge in [-0.15, -0.1) is 0 Å². The van der Waals surface area contributed by atoms with Crippen molar-refractivity contribution in [2.24, 2.45) is 0 Å². The molecule has 0 aliphatic carbocycles. The Kier molecular flexibility index (Phi) is 7.33. The van der Waals surface area contributed by atoms with E-state index in [1.807, 2.05) is 62.4 Å². The molecule has 1 atom stereocenters. The van der Waals surface area contributed by atoms with E-state index in [0.29, 0.717) is 18.8 Å². The Balaban J connectivity index is 1.92. The molecule has 0 unspecified atom stereocenters. The van der Waals surface area contributed by atoms with Crippen LogP contribution in [-0.4, -0.2) is 18.6 Å². The second-order valence-corrected chi connectivity index (χ2v) is 6.05. The van der Waals surface area contributed by atoms with Crippen LogP contribution in [0.15, 0.2) is 48.5 Å².